The molecule has 0 radical (unpaired) electrons. The normalized spacial score (nSPS) is 11.4. The van der Waals surface area contributed by atoms with Crippen LogP contribution in [-0.2, 0) is 16.6 Å². The molecule has 0 spiro atoms. The Kier molecular flexibility index (Phi) is 7.97. The topological polar surface area (TPSA) is 78.5 Å². The van der Waals surface area contributed by atoms with E-state index in [4.69, 9.17) is 11.6 Å². The second-order valence-electron chi connectivity index (χ2n) is 5.81. The summed E-state index contributed by atoms with van der Waals surface area (Å²) in [5.41, 5.74) is 0.539. The van der Waals surface area contributed by atoms with Gasteiger partial charge in [0.25, 0.3) is 0 Å². The van der Waals surface area contributed by atoms with Gasteiger partial charge >= 0.3 is 6.03 Å². The van der Waals surface area contributed by atoms with Gasteiger partial charge in [0.05, 0.1) is 4.90 Å². The molecule has 2 aromatic rings. The van der Waals surface area contributed by atoms with Gasteiger partial charge in [-0.15, -0.1) is 11.8 Å². The van der Waals surface area contributed by atoms with Gasteiger partial charge in [0.2, 0.25) is 10.0 Å². The van der Waals surface area contributed by atoms with Gasteiger partial charge in [0, 0.05) is 42.9 Å². The third kappa shape index (κ3) is 6.42. The van der Waals surface area contributed by atoms with E-state index in [2.05, 4.69) is 10.6 Å². The number of thioether (sulfide) groups is 1. The minimum atomic E-state index is -3.56. The van der Waals surface area contributed by atoms with Gasteiger partial charge in [-0.2, -0.15) is 0 Å². The first kappa shape index (κ1) is 21.6. The Hall–Kier alpha value is -1.74. The number of rotatable bonds is 8. The predicted molar refractivity (Wildman–Crippen MR) is 110 cm³/mol. The maximum absolute atomic E-state index is 12.4. The van der Waals surface area contributed by atoms with Crippen molar-refractivity contribution in [3.8, 4) is 0 Å². The number of halogens is 1. The molecule has 0 aliphatic carbocycles. The van der Waals surface area contributed by atoms with E-state index in [1.807, 2.05) is 24.3 Å². The van der Waals surface area contributed by atoms with Crippen molar-refractivity contribution < 1.29 is 13.2 Å². The van der Waals surface area contributed by atoms with Crippen LogP contribution in [0.2, 0.25) is 5.02 Å². The zero-order valence-corrected chi connectivity index (χ0v) is 17.5. The van der Waals surface area contributed by atoms with E-state index in [-0.39, 0.29) is 17.5 Å². The SMILES string of the molecule is CN(C)S(=O)(=O)c1ccccc1CNC(=O)NCCSc1ccc(Cl)cc1. The van der Waals surface area contributed by atoms with Crippen LogP contribution in [-0.4, -0.2) is 45.1 Å². The van der Waals surface area contributed by atoms with Gasteiger partial charge in [-0.3, -0.25) is 0 Å². The number of amides is 2. The fourth-order valence-corrected chi connectivity index (χ4v) is 4.21. The van der Waals surface area contributed by atoms with E-state index < -0.39 is 10.0 Å². The minimum absolute atomic E-state index is 0.124. The average molecular weight is 428 g/mol. The van der Waals surface area contributed by atoms with Crippen LogP contribution in [0.4, 0.5) is 4.79 Å². The van der Waals surface area contributed by atoms with E-state index in [1.54, 1.807) is 30.0 Å². The Balaban J connectivity index is 1.81. The van der Waals surface area contributed by atoms with E-state index in [1.165, 1.54) is 20.2 Å². The molecule has 0 bridgehead atoms. The number of hydrogen-bond donors (Lipinski definition) is 2. The summed E-state index contributed by atoms with van der Waals surface area (Å²) in [5, 5.41) is 6.14. The van der Waals surface area contributed by atoms with Crippen molar-refractivity contribution >= 4 is 39.4 Å². The minimum Gasteiger partial charge on any atom is -0.337 e. The van der Waals surface area contributed by atoms with Crippen molar-refractivity contribution in [1.82, 2.24) is 14.9 Å². The lowest BCUT2D eigenvalue weighted by molar-refractivity contribution is 0.241. The number of benzene rings is 2. The van der Waals surface area contributed by atoms with Gasteiger partial charge in [-0.05, 0) is 35.9 Å². The van der Waals surface area contributed by atoms with Crippen LogP contribution >= 0.6 is 23.4 Å². The summed E-state index contributed by atoms with van der Waals surface area (Å²) in [5.74, 6) is 0.709. The third-order valence-electron chi connectivity index (χ3n) is 3.64. The van der Waals surface area contributed by atoms with Crippen LogP contribution in [0.25, 0.3) is 0 Å². The molecular formula is C18H22ClN3O3S2. The number of sulfonamides is 1. The maximum Gasteiger partial charge on any atom is 0.315 e. The van der Waals surface area contributed by atoms with Crippen molar-refractivity contribution in [1.29, 1.82) is 0 Å². The van der Waals surface area contributed by atoms with Crippen LogP contribution in [0.5, 0.6) is 0 Å². The molecule has 0 atom stereocenters. The molecule has 2 N–H and O–H groups in total. The Labute approximate surface area is 169 Å². The highest BCUT2D eigenvalue weighted by molar-refractivity contribution is 7.99. The number of nitrogens with zero attached hydrogens (tertiary/aromatic N) is 1. The first-order valence-corrected chi connectivity index (χ1v) is 11.0. The molecule has 2 amide bonds. The van der Waals surface area contributed by atoms with Crippen molar-refractivity contribution in [2.24, 2.45) is 0 Å². The fraction of sp³-hybridized carbons (Fsp3) is 0.278. The Morgan fingerprint density at radius 2 is 1.74 bits per heavy atom. The highest BCUT2D eigenvalue weighted by atomic mass is 35.5. The summed E-state index contributed by atoms with van der Waals surface area (Å²) < 4.78 is 25.9. The molecule has 0 aromatic heterocycles. The summed E-state index contributed by atoms with van der Waals surface area (Å²) in [6.45, 7) is 0.607. The maximum atomic E-state index is 12.4. The highest BCUT2D eigenvalue weighted by Gasteiger charge is 2.20. The van der Waals surface area contributed by atoms with Crippen LogP contribution in [0, 0.1) is 0 Å². The second-order valence-corrected chi connectivity index (χ2v) is 9.53. The van der Waals surface area contributed by atoms with Crippen LogP contribution < -0.4 is 10.6 Å². The first-order valence-electron chi connectivity index (χ1n) is 8.21. The van der Waals surface area contributed by atoms with E-state index >= 15 is 0 Å². The van der Waals surface area contributed by atoms with Crippen molar-refractivity contribution in [2.75, 3.05) is 26.4 Å². The number of carbonyl (C=O) groups is 1. The number of hydrogen-bond acceptors (Lipinski definition) is 4. The van der Waals surface area contributed by atoms with Crippen LogP contribution in [0.1, 0.15) is 5.56 Å². The van der Waals surface area contributed by atoms with E-state index in [0.29, 0.717) is 22.9 Å². The highest BCUT2D eigenvalue weighted by Crippen LogP contribution is 2.20. The Bertz CT molecular complexity index is 872. The largest absolute Gasteiger partial charge is 0.337 e. The van der Waals surface area contributed by atoms with Crippen molar-refractivity contribution in [3.63, 3.8) is 0 Å². The molecule has 27 heavy (non-hydrogen) atoms. The molecule has 6 nitrogen and oxygen atoms in total. The van der Waals surface area contributed by atoms with Gasteiger partial charge < -0.3 is 10.6 Å². The second kappa shape index (κ2) is 9.98. The number of urea groups is 1. The predicted octanol–water partition coefficient (Wildman–Crippen LogP) is 3.18. The lowest BCUT2D eigenvalue weighted by atomic mass is 10.2. The number of carbonyl (C=O) groups excluding carboxylic acids is 1. The van der Waals surface area contributed by atoms with Crippen molar-refractivity contribution in [2.45, 2.75) is 16.3 Å². The lowest BCUT2D eigenvalue weighted by Crippen LogP contribution is -2.36. The number of nitrogens with one attached hydrogen (secondary N) is 2. The average Bonchev–Trinajstić information content (AvgIpc) is 2.65. The monoisotopic (exact) mass is 427 g/mol. The fourth-order valence-electron chi connectivity index (χ4n) is 2.20. The summed E-state index contributed by atoms with van der Waals surface area (Å²) in [6, 6.07) is 13.8. The molecule has 0 saturated carbocycles. The summed E-state index contributed by atoms with van der Waals surface area (Å²) in [7, 11) is -0.608. The van der Waals surface area contributed by atoms with Crippen molar-refractivity contribution in [3.05, 3.63) is 59.1 Å². The van der Waals surface area contributed by atoms with Gasteiger partial charge in [0.15, 0.2) is 0 Å². The quantitative estimate of drug-likeness (QED) is 0.501. The molecule has 0 aliphatic rings. The van der Waals surface area contributed by atoms with E-state index in [0.717, 1.165) is 9.20 Å². The Morgan fingerprint density at radius 3 is 2.41 bits per heavy atom. The Morgan fingerprint density at radius 1 is 1.07 bits per heavy atom. The molecule has 2 aromatic carbocycles. The standard InChI is InChI=1S/C18H22ClN3O3S2/c1-22(2)27(24,25)17-6-4-3-5-14(17)13-21-18(23)20-11-12-26-16-9-7-15(19)8-10-16/h3-10H,11-13H2,1-2H3,(H2,20,21,23). The molecule has 0 heterocycles. The molecule has 0 saturated heterocycles. The molecule has 0 unspecified atom stereocenters. The van der Waals surface area contributed by atoms with E-state index in [9.17, 15) is 13.2 Å². The molecule has 9 heteroatoms. The molecule has 2 rings (SSSR count). The molecule has 0 aliphatic heterocycles. The smallest absolute Gasteiger partial charge is 0.315 e. The van der Waals surface area contributed by atoms with Gasteiger partial charge in [-0.25, -0.2) is 17.5 Å². The zero-order chi connectivity index (χ0) is 19.9. The van der Waals surface area contributed by atoms with Gasteiger partial charge in [0.1, 0.15) is 0 Å². The van der Waals surface area contributed by atoms with Gasteiger partial charge in [-0.1, -0.05) is 29.8 Å². The summed E-state index contributed by atoms with van der Waals surface area (Å²) in [4.78, 5) is 13.2. The summed E-state index contributed by atoms with van der Waals surface area (Å²) >= 11 is 7.45. The van der Waals surface area contributed by atoms with Crippen LogP contribution in [0.3, 0.4) is 0 Å². The lowest BCUT2D eigenvalue weighted by Gasteiger charge is -2.15. The first-order chi connectivity index (χ1) is 12.8. The zero-order valence-electron chi connectivity index (χ0n) is 15.1. The summed E-state index contributed by atoms with van der Waals surface area (Å²) in [6.07, 6.45) is 0. The molecule has 146 valence electrons. The molecular weight excluding hydrogens is 406 g/mol. The third-order valence-corrected chi connectivity index (χ3v) is 6.82. The van der Waals surface area contributed by atoms with Crippen LogP contribution in [0.15, 0.2) is 58.3 Å². The molecule has 0 fully saturated rings.